The standard InChI is InChI=1S/C28H21Cl3FN3O2/c1-15-23(28(37)34-18-5-3-2-4-6-18)24(16-7-9-17(29)10-8-16)25(27-33-11-12-35(15)27)26(36)19-13-22(32)21(31)14-20(19)30/h2-10,13-14,24,33H,11-12H2,1H3,(H,34,37). The molecule has 0 aliphatic carbocycles. The number of benzene rings is 3. The molecule has 188 valence electrons. The van der Waals surface area contributed by atoms with Crippen molar-refractivity contribution in [1.29, 1.82) is 0 Å². The number of hydrogen-bond donors (Lipinski definition) is 2. The smallest absolute Gasteiger partial charge is 0.254 e. The van der Waals surface area contributed by atoms with Gasteiger partial charge in [-0.05, 0) is 48.9 Å². The third-order valence-corrected chi connectivity index (χ3v) is 7.36. The van der Waals surface area contributed by atoms with E-state index in [2.05, 4.69) is 10.6 Å². The number of nitrogens with one attached hydrogen (secondary N) is 2. The number of carbonyl (C=O) groups is 2. The predicted octanol–water partition coefficient (Wildman–Crippen LogP) is 6.80. The van der Waals surface area contributed by atoms with Gasteiger partial charge < -0.3 is 15.5 Å². The lowest BCUT2D eigenvalue weighted by Gasteiger charge is -2.36. The van der Waals surface area contributed by atoms with Gasteiger partial charge in [0.2, 0.25) is 0 Å². The van der Waals surface area contributed by atoms with Crippen molar-refractivity contribution in [1.82, 2.24) is 10.2 Å². The van der Waals surface area contributed by atoms with E-state index < -0.39 is 17.5 Å². The molecule has 0 radical (unpaired) electrons. The summed E-state index contributed by atoms with van der Waals surface area (Å²) in [7, 11) is 0. The van der Waals surface area contributed by atoms with Gasteiger partial charge in [0.05, 0.1) is 15.6 Å². The van der Waals surface area contributed by atoms with E-state index in [1.54, 1.807) is 36.4 Å². The monoisotopic (exact) mass is 555 g/mol. The van der Waals surface area contributed by atoms with E-state index in [1.165, 1.54) is 6.07 Å². The molecule has 1 unspecified atom stereocenters. The zero-order chi connectivity index (χ0) is 26.3. The maximum Gasteiger partial charge on any atom is 0.254 e. The third kappa shape index (κ3) is 4.73. The van der Waals surface area contributed by atoms with E-state index in [0.717, 1.165) is 6.07 Å². The number of Topliss-reactive ketones (excluding diaryl/α,β-unsaturated/α-hetero) is 1. The molecule has 5 nitrogen and oxygen atoms in total. The number of carbonyl (C=O) groups excluding carboxylic acids is 2. The number of hydrogen-bond acceptors (Lipinski definition) is 4. The van der Waals surface area contributed by atoms with Gasteiger partial charge in [0, 0.05) is 46.6 Å². The molecule has 2 N–H and O–H groups in total. The number of fused-ring (bicyclic) bond motifs is 1. The molecule has 0 bridgehead atoms. The molecule has 1 amide bonds. The Labute approximate surface area is 228 Å². The van der Waals surface area contributed by atoms with Crippen LogP contribution in [0.15, 0.2) is 89.4 Å². The molecule has 2 aliphatic rings. The number of halogens is 4. The Balaban J connectivity index is 1.70. The summed E-state index contributed by atoms with van der Waals surface area (Å²) in [6.45, 7) is 2.97. The van der Waals surface area contributed by atoms with Gasteiger partial charge in [-0.2, -0.15) is 0 Å². The van der Waals surface area contributed by atoms with Crippen molar-refractivity contribution in [2.75, 3.05) is 18.4 Å². The fourth-order valence-electron chi connectivity index (χ4n) is 4.79. The highest BCUT2D eigenvalue weighted by Gasteiger charge is 2.42. The van der Waals surface area contributed by atoms with Gasteiger partial charge in [-0.3, -0.25) is 9.59 Å². The zero-order valence-electron chi connectivity index (χ0n) is 19.6. The van der Waals surface area contributed by atoms with Crippen molar-refractivity contribution >= 4 is 52.2 Å². The van der Waals surface area contributed by atoms with Crippen LogP contribution >= 0.6 is 34.8 Å². The van der Waals surface area contributed by atoms with E-state index in [-0.39, 0.29) is 27.1 Å². The summed E-state index contributed by atoms with van der Waals surface area (Å²) in [6, 6.07) is 18.3. The molecule has 0 aromatic heterocycles. The van der Waals surface area contributed by atoms with Crippen LogP contribution in [0.1, 0.15) is 28.8 Å². The van der Waals surface area contributed by atoms with Crippen molar-refractivity contribution in [2.45, 2.75) is 12.8 Å². The van der Waals surface area contributed by atoms with Gasteiger partial charge in [0.1, 0.15) is 11.6 Å². The van der Waals surface area contributed by atoms with Gasteiger partial charge in [-0.1, -0.05) is 65.1 Å². The summed E-state index contributed by atoms with van der Waals surface area (Å²) >= 11 is 18.4. The van der Waals surface area contributed by atoms with E-state index in [1.807, 2.05) is 30.0 Å². The van der Waals surface area contributed by atoms with Crippen molar-refractivity contribution in [2.24, 2.45) is 0 Å². The third-order valence-electron chi connectivity index (χ3n) is 6.50. The van der Waals surface area contributed by atoms with Crippen LogP contribution in [-0.2, 0) is 4.79 Å². The van der Waals surface area contributed by atoms with Crippen LogP contribution < -0.4 is 10.6 Å². The fourth-order valence-corrected chi connectivity index (χ4v) is 5.38. The van der Waals surface area contributed by atoms with Gasteiger partial charge >= 0.3 is 0 Å². The number of allylic oxidation sites excluding steroid dienone is 2. The Kier molecular flexibility index (Phi) is 6.99. The molecule has 1 saturated heterocycles. The lowest BCUT2D eigenvalue weighted by Crippen LogP contribution is -2.36. The summed E-state index contributed by atoms with van der Waals surface area (Å²) in [4.78, 5) is 29.8. The SMILES string of the molecule is CC1=C(C(=O)Nc2ccccc2)C(c2ccc(Cl)cc2)C(C(=O)c2cc(F)c(Cl)cc2Cl)=C2NCCN12. The molecule has 1 fully saturated rings. The van der Waals surface area contributed by atoms with Crippen LogP contribution in [0.4, 0.5) is 10.1 Å². The maximum absolute atomic E-state index is 14.5. The number of anilines is 1. The van der Waals surface area contributed by atoms with Gasteiger partial charge in [-0.15, -0.1) is 0 Å². The highest BCUT2D eigenvalue weighted by Crippen LogP contribution is 2.45. The fraction of sp³-hybridized carbons (Fsp3) is 0.143. The minimum absolute atomic E-state index is 0.0189. The highest BCUT2D eigenvalue weighted by atomic mass is 35.5. The van der Waals surface area contributed by atoms with Crippen LogP contribution in [0.25, 0.3) is 0 Å². The minimum Gasteiger partial charge on any atom is -0.369 e. The molecule has 1 atom stereocenters. The number of para-hydroxylation sites is 1. The quantitative estimate of drug-likeness (QED) is 0.268. The van der Waals surface area contributed by atoms with Crippen LogP contribution in [-0.4, -0.2) is 29.7 Å². The second kappa shape index (κ2) is 10.2. The summed E-state index contributed by atoms with van der Waals surface area (Å²) in [5.41, 5.74) is 2.64. The van der Waals surface area contributed by atoms with E-state index in [0.29, 0.717) is 46.5 Å². The van der Waals surface area contributed by atoms with E-state index >= 15 is 0 Å². The number of ketones is 1. The first-order valence-electron chi connectivity index (χ1n) is 11.5. The van der Waals surface area contributed by atoms with Crippen LogP contribution in [0.3, 0.4) is 0 Å². The summed E-state index contributed by atoms with van der Waals surface area (Å²) in [5, 5.41) is 6.59. The van der Waals surface area contributed by atoms with Crippen LogP contribution in [0.5, 0.6) is 0 Å². The molecule has 3 aromatic carbocycles. The second-order valence-corrected chi connectivity index (χ2v) is 9.97. The van der Waals surface area contributed by atoms with E-state index in [4.69, 9.17) is 34.8 Å². The lowest BCUT2D eigenvalue weighted by molar-refractivity contribution is -0.113. The Morgan fingerprint density at radius 3 is 2.38 bits per heavy atom. The number of amides is 1. The van der Waals surface area contributed by atoms with Crippen molar-refractivity contribution in [3.05, 3.63) is 121 Å². The Bertz CT molecular complexity index is 1470. The van der Waals surface area contributed by atoms with Gasteiger partial charge in [-0.25, -0.2) is 4.39 Å². The first kappa shape index (κ1) is 25.3. The maximum atomic E-state index is 14.5. The molecule has 2 heterocycles. The van der Waals surface area contributed by atoms with Gasteiger partial charge in [0.25, 0.3) is 5.91 Å². The molecule has 37 heavy (non-hydrogen) atoms. The van der Waals surface area contributed by atoms with Crippen molar-refractivity contribution in [3.8, 4) is 0 Å². The molecule has 0 saturated carbocycles. The molecule has 2 aliphatic heterocycles. The normalized spacial score (nSPS) is 17.0. The zero-order valence-corrected chi connectivity index (χ0v) is 21.9. The predicted molar refractivity (Wildman–Crippen MR) is 144 cm³/mol. The number of rotatable bonds is 5. The number of nitrogens with zero attached hydrogens (tertiary/aromatic N) is 1. The lowest BCUT2D eigenvalue weighted by atomic mass is 9.77. The first-order valence-corrected chi connectivity index (χ1v) is 12.7. The highest BCUT2D eigenvalue weighted by molar-refractivity contribution is 6.37. The summed E-state index contributed by atoms with van der Waals surface area (Å²) in [5.74, 6) is -1.84. The summed E-state index contributed by atoms with van der Waals surface area (Å²) in [6.07, 6.45) is 0. The van der Waals surface area contributed by atoms with Crippen molar-refractivity contribution in [3.63, 3.8) is 0 Å². The topological polar surface area (TPSA) is 61.4 Å². The molecular weight excluding hydrogens is 536 g/mol. The second-order valence-electron chi connectivity index (χ2n) is 8.72. The molecule has 0 spiro atoms. The largest absolute Gasteiger partial charge is 0.369 e. The van der Waals surface area contributed by atoms with Crippen LogP contribution in [0, 0.1) is 5.82 Å². The molecule has 5 rings (SSSR count). The van der Waals surface area contributed by atoms with E-state index in [9.17, 15) is 14.0 Å². The molecule has 9 heteroatoms. The van der Waals surface area contributed by atoms with Crippen LogP contribution in [0.2, 0.25) is 15.1 Å². The molecule has 3 aromatic rings. The first-order chi connectivity index (χ1) is 17.8. The Morgan fingerprint density at radius 2 is 1.68 bits per heavy atom. The van der Waals surface area contributed by atoms with Gasteiger partial charge in [0.15, 0.2) is 5.78 Å². The minimum atomic E-state index is -0.778. The molecular formula is C28H21Cl3FN3O2. The van der Waals surface area contributed by atoms with Crippen molar-refractivity contribution < 1.29 is 14.0 Å². The Morgan fingerprint density at radius 1 is 0.973 bits per heavy atom. The average Bonchev–Trinajstić information content (AvgIpc) is 3.37. The Hall–Kier alpha value is -3.32. The summed E-state index contributed by atoms with van der Waals surface area (Å²) < 4.78 is 14.5. The average molecular weight is 557 g/mol.